The lowest BCUT2D eigenvalue weighted by Gasteiger charge is -2.31. The van der Waals surface area contributed by atoms with Crippen molar-refractivity contribution in [3.05, 3.63) is 16.3 Å². The number of hydrogen-bond acceptors (Lipinski definition) is 5. The molecule has 104 valence electrons. The van der Waals surface area contributed by atoms with E-state index in [9.17, 15) is 0 Å². The number of likely N-dealkylation sites (N-methyl/N-ethyl adjacent to an activating group) is 1. The molecule has 3 rings (SSSR count). The first-order chi connectivity index (χ1) is 9.24. The van der Waals surface area contributed by atoms with Crippen LogP contribution in [0.1, 0.15) is 24.0 Å². The van der Waals surface area contributed by atoms with Gasteiger partial charge in [0, 0.05) is 23.7 Å². The molecule has 1 fully saturated rings. The molecule has 0 bridgehead atoms. The highest BCUT2D eigenvalue weighted by Gasteiger charge is 2.23. The lowest BCUT2D eigenvalue weighted by atomic mass is 10.0. The van der Waals surface area contributed by atoms with Gasteiger partial charge in [-0.1, -0.05) is 11.6 Å². The van der Waals surface area contributed by atoms with Gasteiger partial charge in [-0.25, -0.2) is 0 Å². The summed E-state index contributed by atoms with van der Waals surface area (Å²) in [7, 11) is 2.16. The molecule has 3 heterocycles. The Kier molecular flexibility index (Phi) is 3.86. The predicted molar refractivity (Wildman–Crippen MR) is 74.5 cm³/mol. The number of halogens is 1. The van der Waals surface area contributed by atoms with Crippen molar-refractivity contribution in [2.75, 3.05) is 32.1 Å². The smallest absolute Gasteiger partial charge is 0.157 e. The third kappa shape index (κ3) is 2.83. The van der Waals surface area contributed by atoms with Crippen molar-refractivity contribution in [3.8, 4) is 0 Å². The van der Waals surface area contributed by atoms with Gasteiger partial charge in [0.2, 0.25) is 0 Å². The third-order valence-electron chi connectivity index (χ3n) is 3.85. The molecule has 0 aromatic carbocycles. The normalized spacial score (nSPS) is 24.0. The van der Waals surface area contributed by atoms with Gasteiger partial charge in [0.25, 0.3) is 0 Å². The average molecular weight is 283 g/mol. The molecule has 1 N–H and O–H groups in total. The van der Waals surface area contributed by atoms with Gasteiger partial charge in [-0.3, -0.25) is 0 Å². The Balaban J connectivity index is 1.81. The first-order valence-corrected chi connectivity index (χ1v) is 7.18. The van der Waals surface area contributed by atoms with E-state index in [1.54, 1.807) is 0 Å². The molecule has 1 aromatic rings. The van der Waals surface area contributed by atoms with E-state index in [-0.39, 0.29) is 0 Å². The number of ether oxygens (including phenoxy) is 1. The van der Waals surface area contributed by atoms with E-state index in [4.69, 9.17) is 16.3 Å². The Hall–Kier alpha value is -0.910. The van der Waals surface area contributed by atoms with Gasteiger partial charge < -0.3 is 15.0 Å². The van der Waals surface area contributed by atoms with Crippen LogP contribution in [-0.4, -0.2) is 47.9 Å². The SMILES string of the molecule is CN1CCCC(Nc2nnc(Cl)c3c2CCOC3)C1. The van der Waals surface area contributed by atoms with Crippen molar-refractivity contribution < 1.29 is 4.74 Å². The van der Waals surface area contributed by atoms with E-state index < -0.39 is 0 Å². The molecule has 0 amide bonds. The Labute approximate surface area is 118 Å². The van der Waals surface area contributed by atoms with Crippen molar-refractivity contribution in [2.24, 2.45) is 0 Å². The molecule has 1 unspecified atom stereocenters. The van der Waals surface area contributed by atoms with Gasteiger partial charge in [0.15, 0.2) is 11.0 Å². The van der Waals surface area contributed by atoms with E-state index in [1.165, 1.54) is 24.9 Å². The zero-order chi connectivity index (χ0) is 13.2. The molecule has 0 radical (unpaired) electrons. The number of hydrogen-bond donors (Lipinski definition) is 1. The summed E-state index contributed by atoms with van der Waals surface area (Å²) in [6.07, 6.45) is 3.26. The molecular formula is C13H19ClN4O. The summed E-state index contributed by atoms with van der Waals surface area (Å²) in [6, 6.07) is 0.446. The molecule has 1 saturated heterocycles. The second kappa shape index (κ2) is 5.61. The zero-order valence-electron chi connectivity index (χ0n) is 11.2. The second-order valence-electron chi connectivity index (χ2n) is 5.34. The van der Waals surface area contributed by atoms with Crippen LogP contribution in [0.4, 0.5) is 5.82 Å². The number of fused-ring (bicyclic) bond motifs is 1. The number of piperidine rings is 1. The number of aromatic nitrogens is 2. The monoisotopic (exact) mass is 282 g/mol. The minimum absolute atomic E-state index is 0.446. The molecule has 19 heavy (non-hydrogen) atoms. The van der Waals surface area contributed by atoms with Gasteiger partial charge >= 0.3 is 0 Å². The van der Waals surface area contributed by atoms with Crippen LogP contribution in [0.5, 0.6) is 0 Å². The van der Waals surface area contributed by atoms with Crippen LogP contribution in [0.2, 0.25) is 5.15 Å². The zero-order valence-corrected chi connectivity index (χ0v) is 11.9. The number of rotatable bonds is 2. The Bertz CT molecular complexity index is 468. The Morgan fingerprint density at radius 2 is 2.26 bits per heavy atom. The fourth-order valence-corrected chi connectivity index (χ4v) is 3.05. The van der Waals surface area contributed by atoms with Crippen molar-refractivity contribution in [1.82, 2.24) is 15.1 Å². The standard InChI is InChI=1S/C13H19ClN4O/c1-18-5-2-3-9(7-18)15-13-10-4-6-19-8-11(10)12(14)16-17-13/h9H,2-8H2,1H3,(H,15,17). The molecular weight excluding hydrogens is 264 g/mol. The molecule has 1 aromatic heterocycles. The molecule has 0 saturated carbocycles. The summed E-state index contributed by atoms with van der Waals surface area (Å²) in [5, 5.41) is 12.3. The van der Waals surface area contributed by atoms with Gasteiger partial charge in [0.05, 0.1) is 13.2 Å². The first-order valence-electron chi connectivity index (χ1n) is 6.81. The Morgan fingerprint density at radius 1 is 1.37 bits per heavy atom. The van der Waals surface area contributed by atoms with Crippen molar-refractivity contribution in [1.29, 1.82) is 0 Å². The minimum Gasteiger partial charge on any atom is -0.376 e. The molecule has 1 atom stereocenters. The number of anilines is 1. The van der Waals surface area contributed by atoms with Crippen molar-refractivity contribution >= 4 is 17.4 Å². The van der Waals surface area contributed by atoms with Gasteiger partial charge in [-0.2, -0.15) is 0 Å². The largest absolute Gasteiger partial charge is 0.376 e. The lowest BCUT2D eigenvalue weighted by Crippen LogP contribution is -2.40. The third-order valence-corrected chi connectivity index (χ3v) is 4.15. The van der Waals surface area contributed by atoms with E-state index >= 15 is 0 Å². The molecule has 0 aliphatic carbocycles. The second-order valence-corrected chi connectivity index (χ2v) is 5.70. The van der Waals surface area contributed by atoms with Crippen molar-refractivity contribution in [2.45, 2.75) is 31.9 Å². The summed E-state index contributed by atoms with van der Waals surface area (Å²) in [5.74, 6) is 0.892. The predicted octanol–water partition coefficient (Wildman–Crippen LogP) is 1.71. The highest BCUT2D eigenvalue weighted by molar-refractivity contribution is 6.30. The van der Waals surface area contributed by atoms with Crippen LogP contribution in [-0.2, 0) is 17.8 Å². The van der Waals surface area contributed by atoms with Gasteiger partial charge in [-0.15, -0.1) is 10.2 Å². The van der Waals surface area contributed by atoms with Crippen LogP contribution in [0.15, 0.2) is 0 Å². The van der Waals surface area contributed by atoms with E-state index in [0.29, 0.717) is 17.8 Å². The molecule has 0 spiro atoms. The van der Waals surface area contributed by atoms with E-state index in [1.807, 2.05) is 0 Å². The summed E-state index contributed by atoms with van der Waals surface area (Å²) in [5.41, 5.74) is 2.18. The summed E-state index contributed by atoms with van der Waals surface area (Å²) in [6.45, 7) is 3.50. The first kappa shape index (κ1) is 13.1. The fraction of sp³-hybridized carbons (Fsp3) is 0.692. The summed E-state index contributed by atoms with van der Waals surface area (Å²) >= 11 is 6.09. The summed E-state index contributed by atoms with van der Waals surface area (Å²) < 4.78 is 5.45. The lowest BCUT2D eigenvalue weighted by molar-refractivity contribution is 0.110. The van der Waals surface area contributed by atoms with Crippen LogP contribution in [0, 0.1) is 0 Å². The van der Waals surface area contributed by atoms with E-state index in [2.05, 4.69) is 27.5 Å². The molecule has 5 nitrogen and oxygen atoms in total. The average Bonchev–Trinajstić information content (AvgIpc) is 2.42. The number of likely N-dealkylation sites (tertiary alicyclic amines) is 1. The maximum atomic E-state index is 6.09. The fourth-order valence-electron chi connectivity index (χ4n) is 2.84. The minimum atomic E-state index is 0.446. The Morgan fingerprint density at radius 3 is 3.11 bits per heavy atom. The number of nitrogens with zero attached hydrogens (tertiary/aromatic N) is 3. The number of nitrogens with one attached hydrogen (secondary N) is 1. The van der Waals surface area contributed by atoms with Gasteiger partial charge in [-0.05, 0) is 32.9 Å². The van der Waals surface area contributed by atoms with E-state index in [0.717, 1.165) is 31.0 Å². The highest BCUT2D eigenvalue weighted by Crippen LogP contribution is 2.28. The quantitative estimate of drug-likeness (QED) is 0.895. The van der Waals surface area contributed by atoms with Crippen molar-refractivity contribution in [3.63, 3.8) is 0 Å². The maximum Gasteiger partial charge on any atom is 0.157 e. The van der Waals surface area contributed by atoms with Crippen LogP contribution < -0.4 is 5.32 Å². The van der Waals surface area contributed by atoms with Gasteiger partial charge in [0.1, 0.15) is 0 Å². The van der Waals surface area contributed by atoms with Crippen LogP contribution in [0.25, 0.3) is 0 Å². The topological polar surface area (TPSA) is 50.3 Å². The molecule has 2 aliphatic rings. The highest BCUT2D eigenvalue weighted by atomic mass is 35.5. The molecule has 2 aliphatic heterocycles. The van der Waals surface area contributed by atoms with Crippen LogP contribution >= 0.6 is 11.6 Å². The maximum absolute atomic E-state index is 6.09. The van der Waals surface area contributed by atoms with Crippen LogP contribution in [0.3, 0.4) is 0 Å². The molecule has 6 heteroatoms. The summed E-state index contributed by atoms with van der Waals surface area (Å²) in [4.78, 5) is 2.35.